The third-order valence-electron chi connectivity index (χ3n) is 2.61. The molecular weight excluding hydrogens is 357 g/mol. The van der Waals surface area contributed by atoms with E-state index >= 15 is 0 Å². The average molecular weight is 387 g/mol. The highest BCUT2D eigenvalue weighted by Gasteiger charge is 1.96. The van der Waals surface area contributed by atoms with Gasteiger partial charge in [-0.3, -0.25) is 4.99 Å². The van der Waals surface area contributed by atoms with Gasteiger partial charge in [0.05, 0.1) is 0 Å². The van der Waals surface area contributed by atoms with Gasteiger partial charge in [-0.05, 0) is 31.3 Å². The Balaban J connectivity index is 0. The van der Waals surface area contributed by atoms with E-state index in [-0.39, 0.29) is 24.0 Å². The zero-order valence-corrected chi connectivity index (χ0v) is 15.3. The Morgan fingerprint density at radius 3 is 2.11 bits per heavy atom. The number of rotatable bonds is 10. The molecular formula is C13H30IN3S. The molecule has 0 amide bonds. The van der Waals surface area contributed by atoms with E-state index in [1.165, 1.54) is 44.3 Å². The Labute approximate surface area is 134 Å². The molecule has 0 bridgehead atoms. The Kier molecular flexibility index (Phi) is 19.9. The third-order valence-corrected chi connectivity index (χ3v) is 3.31. The van der Waals surface area contributed by atoms with Crippen molar-refractivity contribution in [1.29, 1.82) is 0 Å². The maximum absolute atomic E-state index is 4.21. The Morgan fingerprint density at radius 1 is 1.00 bits per heavy atom. The standard InChI is InChI=1S/C13H29N3S.HI/c1-4-5-6-7-10-15-13(14-2)16-11-8-9-12-17-3;/h4-12H2,1-3H3,(H2,14,15,16);1H. The van der Waals surface area contributed by atoms with Crippen LogP contribution in [0.4, 0.5) is 0 Å². The predicted octanol–water partition coefficient (Wildman–Crippen LogP) is 3.49. The van der Waals surface area contributed by atoms with Gasteiger partial charge < -0.3 is 10.6 Å². The lowest BCUT2D eigenvalue weighted by atomic mass is 10.2. The van der Waals surface area contributed by atoms with Crippen LogP contribution in [0.15, 0.2) is 4.99 Å². The quantitative estimate of drug-likeness (QED) is 0.261. The van der Waals surface area contributed by atoms with Crippen LogP contribution in [-0.4, -0.2) is 38.1 Å². The van der Waals surface area contributed by atoms with Crippen LogP contribution in [0.1, 0.15) is 45.4 Å². The highest BCUT2D eigenvalue weighted by Crippen LogP contribution is 1.98. The van der Waals surface area contributed by atoms with E-state index in [4.69, 9.17) is 0 Å². The molecule has 0 aliphatic carbocycles. The molecule has 110 valence electrons. The second kappa shape index (κ2) is 17.4. The van der Waals surface area contributed by atoms with Crippen LogP contribution in [0.5, 0.6) is 0 Å². The summed E-state index contributed by atoms with van der Waals surface area (Å²) in [7, 11) is 1.84. The number of guanidine groups is 1. The SMILES string of the molecule is CCCCCCNC(=NC)NCCCCSC.I. The second-order valence-electron chi connectivity index (χ2n) is 4.19. The van der Waals surface area contributed by atoms with Crippen molar-refractivity contribution in [2.45, 2.75) is 45.4 Å². The Bertz CT molecular complexity index is 173. The molecule has 0 aromatic heterocycles. The fourth-order valence-corrected chi connectivity index (χ4v) is 2.05. The van der Waals surface area contributed by atoms with Crippen molar-refractivity contribution in [3.05, 3.63) is 0 Å². The molecule has 0 atom stereocenters. The molecule has 0 saturated carbocycles. The third kappa shape index (κ3) is 14.4. The van der Waals surface area contributed by atoms with Gasteiger partial charge in [-0.2, -0.15) is 11.8 Å². The highest BCUT2D eigenvalue weighted by molar-refractivity contribution is 14.0. The van der Waals surface area contributed by atoms with Crippen molar-refractivity contribution >= 4 is 41.7 Å². The number of thioether (sulfide) groups is 1. The summed E-state index contributed by atoms with van der Waals surface area (Å²) in [6.45, 7) is 4.29. The molecule has 0 aliphatic rings. The smallest absolute Gasteiger partial charge is 0.190 e. The fraction of sp³-hybridized carbons (Fsp3) is 0.923. The van der Waals surface area contributed by atoms with Crippen LogP contribution in [-0.2, 0) is 0 Å². The van der Waals surface area contributed by atoms with Crippen LogP contribution in [0.2, 0.25) is 0 Å². The van der Waals surface area contributed by atoms with Crippen LogP contribution >= 0.6 is 35.7 Å². The molecule has 0 aromatic rings. The first-order valence-electron chi connectivity index (χ1n) is 6.78. The molecule has 2 N–H and O–H groups in total. The van der Waals surface area contributed by atoms with Crippen molar-refractivity contribution < 1.29 is 0 Å². The van der Waals surface area contributed by atoms with Gasteiger partial charge in [0, 0.05) is 20.1 Å². The molecule has 0 aromatic carbocycles. The van der Waals surface area contributed by atoms with E-state index in [9.17, 15) is 0 Å². The van der Waals surface area contributed by atoms with Gasteiger partial charge >= 0.3 is 0 Å². The van der Waals surface area contributed by atoms with Crippen molar-refractivity contribution in [3.8, 4) is 0 Å². The van der Waals surface area contributed by atoms with Gasteiger partial charge in [-0.15, -0.1) is 24.0 Å². The van der Waals surface area contributed by atoms with E-state index < -0.39 is 0 Å². The maximum atomic E-state index is 4.21. The predicted molar refractivity (Wildman–Crippen MR) is 96.5 cm³/mol. The summed E-state index contributed by atoms with van der Waals surface area (Å²) < 4.78 is 0. The Hall–Kier alpha value is 0.350. The van der Waals surface area contributed by atoms with Gasteiger partial charge in [-0.25, -0.2) is 0 Å². The number of nitrogens with zero attached hydrogens (tertiary/aromatic N) is 1. The first-order chi connectivity index (χ1) is 8.35. The first kappa shape index (κ1) is 20.7. The zero-order chi connectivity index (χ0) is 12.8. The number of unbranched alkanes of at least 4 members (excludes halogenated alkanes) is 4. The molecule has 0 heterocycles. The largest absolute Gasteiger partial charge is 0.356 e. The summed E-state index contributed by atoms with van der Waals surface area (Å²) in [5, 5.41) is 6.70. The van der Waals surface area contributed by atoms with Crippen LogP contribution in [0.25, 0.3) is 0 Å². The van der Waals surface area contributed by atoms with Crippen LogP contribution < -0.4 is 10.6 Å². The van der Waals surface area contributed by atoms with Crippen molar-refractivity contribution in [2.24, 2.45) is 4.99 Å². The topological polar surface area (TPSA) is 36.4 Å². The molecule has 0 fully saturated rings. The first-order valence-corrected chi connectivity index (χ1v) is 8.18. The molecule has 0 aliphatic heterocycles. The van der Waals surface area contributed by atoms with Crippen LogP contribution in [0.3, 0.4) is 0 Å². The highest BCUT2D eigenvalue weighted by atomic mass is 127. The maximum Gasteiger partial charge on any atom is 0.190 e. The lowest BCUT2D eigenvalue weighted by molar-refractivity contribution is 0.644. The lowest BCUT2D eigenvalue weighted by Gasteiger charge is -2.11. The van der Waals surface area contributed by atoms with Gasteiger partial charge in [-0.1, -0.05) is 26.2 Å². The van der Waals surface area contributed by atoms with Crippen LogP contribution in [0, 0.1) is 0 Å². The van der Waals surface area contributed by atoms with Crippen molar-refractivity contribution in [2.75, 3.05) is 32.1 Å². The molecule has 0 unspecified atom stereocenters. The van der Waals surface area contributed by atoms with Gasteiger partial charge in [0.1, 0.15) is 0 Å². The molecule has 0 rings (SSSR count). The number of aliphatic imine (C=N–C) groups is 1. The van der Waals surface area contributed by atoms with E-state index in [2.05, 4.69) is 28.8 Å². The summed E-state index contributed by atoms with van der Waals surface area (Å²) in [6.07, 6.45) is 9.84. The summed E-state index contributed by atoms with van der Waals surface area (Å²) in [5.41, 5.74) is 0. The van der Waals surface area contributed by atoms with Gasteiger partial charge in [0.15, 0.2) is 5.96 Å². The molecule has 18 heavy (non-hydrogen) atoms. The molecule has 0 saturated heterocycles. The minimum absolute atomic E-state index is 0. The Morgan fingerprint density at radius 2 is 1.61 bits per heavy atom. The van der Waals surface area contributed by atoms with Crippen molar-refractivity contribution in [1.82, 2.24) is 10.6 Å². The summed E-state index contributed by atoms with van der Waals surface area (Å²) in [5.74, 6) is 2.20. The van der Waals surface area contributed by atoms with Gasteiger partial charge in [0.25, 0.3) is 0 Å². The number of nitrogens with one attached hydrogen (secondary N) is 2. The fourth-order valence-electron chi connectivity index (χ4n) is 1.56. The number of halogens is 1. The summed E-state index contributed by atoms with van der Waals surface area (Å²) in [4.78, 5) is 4.21. The zero-order valence-electron chi connectivity index (χ0n) is 12.1. The lowest BCUT2D eigenvalue weighted by Crippen LogP contribution is -2.38. The second-order valence-corrected chi connectivity index (χ2v) is 5.17. The number of hydrogen-bond acceptors (Lipinski definition) is 2. The van der Waals surface area contributed by atoms with E-state index in [1.54, 1.807) is 0 Å². The normalized spacial score (nSPS) is 10.9. The molecule has 0 radical (unpaired) electrons. The van der Waals surface area contributed by atoms with Gasteiger partial charge in [0.2, 0.25) is 0 Å². The monoisotopic (exact) mass is 387 g/mol. The summed E-state index contributed by atoms with van der Waals surface area (Å²) in [6, 6.07) is 0. The van der Waals surface area contributed by atoms with E-state index in [1.807, 2.05) is 18.8 Å². The summed E-state index contributed by atoms with van der Waals surface area (Å²) >= 11 is 1.91. The van der Waals surface area contributed by atoms with E-state index in [0.717, 1.165) is 19.0 Å². The molecule has 0 spiro atoms. The number of hydrogen-bond donors (Lipinski definition) is 2. The van der Waals surface area contributed by atoms with E-state index in [0.29, 0.717) is 0 Å². The average Bonchev–Trinajstić information content (AvgIpc) is 2.36. The minimum Gasteiger partial charge on any atom is -0.356 e. The van der Waals surface area contributed by atoms with Crippen molar-refractivity contribution in [3.63, 3.8) is 0 Å². The molecule has 5 heteroatoms. The molecule has 3 nitrogen and oxygen atoms in total. The minimum atomic E-state index is 0.